The summed E-state index contributed by atoms with van der Waals surface area (Å²) in [4.78, 5) is 17.6. The first kappa shape index (κ1) is 20.1. The Morgan fingerprint density at radius 1 is 1.33 bits per heavy atom. The number of ether oxygens (including phenoxy) is 2. The summed E-state index contributed by atoms with van der Waals surface area (Å²) in [5.74, 6) is -1.39. The van der Waals surface area contributed by atoms with Gasteiger partial charge in [-0.3, -0.25) is 20.1 Å². The molecule has 10 heteroatoms. The second-order valence-electron chi connectivity index (χ2n) is 7.20. The number of alkyl halides is 2. The number of hydrogen-bond acceptors (Lipinski definition) is 5. The summed E-state index contributed by atoms with van der Waals surface area (Å²) in [6.45, 7) is 0.330. The molecule has 1 aromatic carbocycles. The maximum absolute atomic E-state index is 14.9. The number of aromatic nitrogens is 1. The van der Waals surface area contributed by atoms with Gasteiger partial charge in [0.2, 0.25) is 5.91 Å². The molecular weight excluding hydrogens is 401 g/mol. The minimum Gasteiger partial charge on any atom is -0.457 e. The Morgan fingerprint density at radius 2 is 2.10 bits per heavy atom. The summed E-state index contributed by atoms with van der Waals surface area (Å²) in [5, 5.41) is 11.0. The zero-order chi connectivity index (χ0) is 21.5. The lowest BCUT2D eigenvalue weighted by atomic mass is 9.73. The number of guanidine groups is 1. The third kappa shape index (κ3) is 3.36. The van der Waals surface area contributed by atoms with E-state index in [2.05, 4.69) is 10.3 Å². The number of fused-ring (bicyclic) bond motifs is 1. The standard InChI is InChI=1S/C20H19F3N4O3/c1-27-18(28)13-5-7-29-10-20(13,26-19(27)24)14-8-11(2-3-15(14)21)30-12-4-6-25-16(9-12)17(22)23/h2-4,6,8-9,13,17H,5,7,10H2,1H3,(H2,24,26). The zero-order valence-corrected chi connectivity index (χ0v) is 16.0. The van der Waals surface area contributed by atoms with Gasteiger partial charge in [0.15, 0.2) is 5.96 Å². The Bertz CT molecular complexity index is 1000. The van der Waals surface area contributed by atoms with Gasteiger partial charge in [0.05, 0.1) is 12.5 Å². The van der Waals surface area contributed by atoms with Crippen molar-refractivity contribution in [2.24, 2.45) is 5.92 Å². The zero-order valence-electron chi connectivity index (χ0n) is 16.0. The van der Waals surface area contributed by atoms with Crippen LogP contribution in [-0.2, 0) is 15.1 Å². The van der Waals surface area contributed by atoms with Gasteiger partial charge in [-0.05, 0) is 30.7 Å². The van der Waals surface area contributed by atoms with Crippen LogP contribution in [-0.4, -0.2) is 42.0 Å². The van der Waals surface area contributed by atoms with E-state index in [1.54, 1.807) is 0 Å². The van der Waals surface area contributed by atoms with Crippen molar-refractivity contribution in [1.29, 1.82) is 5.41 Å². The van der Waals surface area contributed by atoms with Crippen LogP contribution in [0.5, 0.6) is 11.5 Å². The quantitative estimate of drug-likeness (QED) is 0.793. The topological polar surface area (TPSA) is 87.5 Å². The summed E-state index contributed by atoms with van der Waals surface area (Å²) in [6.07, 6.45) is -1.20. The molecule has 2 unspecified atom stereocenters. The van der Waals surface area contributed by atoms with Gasteiger partial charge in [0, 0.05) is 31.5 Å². The van der Waals surface area contributed by atoms with Gasteiger partial charge in [-0.1, -0.05) is 0 Å². The molecule has 1 aromatic heterocycles. The lowest BCUT2D eigenvalue weighted by Gasteiger charge is -2.49. The first-order valence-electron chi connectivity index (χ1n) is 9.26. The van der Waals surface area contributed by atoms with Crippen molar-refractivity contribution in [1.82, 2.24) is 15.2 Å². The van der Waals surface area contributed by atoms with Crippen LogP contribution in [0, 0.1) is 17.1 Å². The molecule has 2 aliphatic rings. The molecule has 2 aromatic rings. The Labute approximate surface area is 170 Å². The fraction of sp³-hybridized carbons (Fsp3) is 0.350. The molecule has 0 spiro atoms. The Balaban J connectivity index is 1.73. The van der Waals surface area contributed by atoms with E-state index in [-0.39, 0.29) is 35.5 Å². The SMILES string of the molecule is CN1C(=N)NC2(c3cc(Oc4ccnc(C(F)F)c4)ccc3F)COCCC2C1=O. The largest absolute Gasteiger partial charge is 0.457 e. The normalized spacial score (nSPS) is 23.9. The number of nitrogens with zero attached hydrogens (tertiary/aromatic N) is 2. The number of rotatable bonds is 4. The third-order valence-corrected chi connectivity index (χ3v) is 5.41. The molecule has 30 heavy (non-hydrogen) atoms. The maximum atomic E-state index is 14.9. The lowest BCUT2D eigenvalue weighted by molar-refractivity contribution is -0.143. The fourth-order valence-electron chi connectivity index (χ4n) is 3.87. The summed E-state index contributed by atoms with van der Waals surface area (Å²) >= 11 is 0. The number of halogens is 3. The minimum absolute atomic E-state index is 0.00914. The highest BCUT2D eigenvalue weighted by molar-refractivity contribution is 6.00. The van der Waals surface area contributed by atoms with E-state index < -0.39 is 29.4 Å². The molecule has 0 saturated carbocycles. The number of amides is 1. The lowest BCUT2D eigenvalue weighted by Crippen LogP contribution is -2.68. The molecule has 1 amide bonds. The van der Waals surface area contributed by atoms with Crippen molar-refractivity contribution < 1.29 is 27.4 Å². The van der Waals surface area contributed by atoms with E-state index in [4.69, 9.17) is 14.9 Å². The summed E-state index contributed by atoms with van der Waals surface area (Å²) in [7, 11) is 1.48. The predicted molar refractivity (Wildman–Crippen MR) is 99.9 cm³/mol. The second-order valence-corrected chi connectivity index (χ2v) is 7.20. The van der Waals surface area contributed by atoms with Crippen molar-refractivity contribution in [2.75, 3.05) is 20.3 Å². The van der Waals surface area contributed by atoms with Crippen LogP contribution in [0.25, 0.3) is 0 Å². The average molecular weight is 420 g/mol. The van der Waals surface area contributed by atoms with Crippen molar-refractivity contribution in [3.8, 4) is 11.5 Å². The average Bonchev–Trinajstić information content (AvgIpc) is 2.73. The van der Waals surface area contributed by atoms with Gasteiger partial charge in [0.25, 0.3) is 6.43 Å². The number of carbonyl (C=O) groups excluding carboxylic acids is 1. The number of carbonyl (C=O) groups is 1. The molecule has 2 atom stereocenters. The Kier molecular flexibility index (Phi) is 5.10. The van der Waals surface area contributed by atoms with E-state index in [0.717, 1.165) is 6.07 Å². The number of hydrogen-bond donors (Lipinski definition) is 2. The summed E-state index contributed by atoms with van der Waals surface area (Å²) in [5.41, 5.74) is -1.60. The molecule has 7 nitrogen and oxygen atoms in total. The molecule has 0 bridgehead atoms. The Hall–Kier alpha value is -3.14. The highest BCUT2D eigenvalue weighted by Crippen LogP contribution is 2.42. The van der Waals surface area contributed by atoms with Crippen molar-refractivity contribution in [3.05, 3.63) is 53.6 Å². The maximum Gasteiger partial charge on any atom is 0.280 e. The minimum atomic E-state index is -2.75. The molecule has 158 valence electrons. The predicted octanol–water partition coefficient (Wildman–Crippen LogP) is 3.18. The van der Waals surface area contributed by atoms with Crippen LogP contribution in [0.1, 0.15) is 24.1 Å². The van der Waals surface area contributed by atoms with E-state index >= 15 is 0 Å². The third-order valence-electron chi connectivity index (χ3n) is 5.41. The van der Waals surface area contributed by atoms with Crippen molar-refractivity contribution in [2.45, 2.75) is 18.4 Å². The second kappa shape index (κ2) is 7.60. The number of pyridine rings is 1. The molecule has 0 radical (unpaired) electrons. The molecule has 2 aliphatic heterocycles. The fourth-order valence-corrected chi connectivity index (χ4v) is 3.87. The van der Waals surface area contributed by atoms with Gasteiger partial charge < -0.3 is 14.8 Å². The van der Waals surface area contributed by atoms with Crippen molar-refractivity contribution >= 4 is 11.9 Å². The number of nitrogens with one attached hydrogen (secondary N) is 2. The molecule has 2 N–H and O–H groups in total. The van der Waals surface area contributed by atoms with Crippen LogP contribution in [0.15, 0.2) is 36.5 Å². The summed E-state index contributed by atoms with van der Waals surface area (Å²) in [6, 6.07) is 6.45. The molecule has 3 heterocycles. The first-order valence-corrected chi connectivity index (χ1v) is 9.26. The van der Waals surface area contributed by atoms with Crippen LogP contribution >= 0.6 is 0 Å². The van der Waals surface area contributed by atoms with Crippen LogP contribution in [0.2, 0.25) is 0 Å². The van der Waals surface area contributed by atoms with Crippen LogP contribution in [0.3, 0.4) is 0 Å². The molecule has 2 fully saturated rings. The van der Waals surface area contributed by atoms with Gasteiger partial charge in [-0.2, -0.15) is 0 Å². The van der Waals surface area contributed by atoms with E-state index in [1.807, 2.05) is 0 Å². The first-order chi connectivity index (χ1) is 14.3. The van der Waals surface area contributed by atoms with Crippen LogP contribution in [0.4, 0.5) is 13.2 Å². The van der Waals surface area contributed by atoms with Gasteiger partial charge >= 0.3 is 0 Å². The summed E-state index contributed by atoms with van der Waals surface area (Å²) < 4.78 is 51.9. The van der Waals surface area contributed by atoms with Crippen LogP contribution < -0.4 is 10.1 Å². The number of benzene rings is 1. The monoisotopic (exact) mass is 420 g/mol. The Morgan fingerprint density at radius 3 is 2.87 bits per heavy atom. The highest BCUT2D eigenvalue weighted by Gasteiger charge is 2.53. The molecule has 0 aliphatic carbocycles. The van der Waals surface area contributed by atoms with Crippen molar-refractivity contribution in [3.63, 3.8) is 0 Å². The molecular formula is C20H19F3N4O3. The highest BCUT2D eigenvalue weighted by atomic mass is 19.3. The van der Waals surface area contributed by atoms with E-state index in [1.165, 1.54) is 42.4 Å². The van der Waals surface area contributed by atoms with Gasteiger partial charge in [-0.15, -0.1) is 0 Å². The van der Waals surface area contributed by atoms with E-state index in [9.17, 15) is 18.0 Å². The van der Waals surface area contributed by atoms with E-state index in [0.29, 0.717) is 13.0 Å². The molecule has 4 rings (SSSR count). The molecule has 2 saturated heterocycles. The van der Waals surface area contributed by atoms with Gasteiger partial charge in [-0.25, -0.2) is 13.2 Å². The smallest absolute Gasteiger partial charge is 0.280 e. The van der Waals surface area contributed by atoms with Gasteiger partial charge in [0.1, 0.15) is 28.5 Å².